The van der Waals surface area contributed by atoms with Crippen molar-refractivity contribution in [1.82, 2.24) is 9.78 Å². The van der Waals surface area contributed by atoms with Crippen LogP contribution in [0.15, 0.2) is 22.5 Å². The molecular weight excluding hydrogens is 476 g/mol. The van der Waals surface area contributed by atoms with Gasteiger partial charge in [0.25, 0.3) is 0 Å². The maximum absolute atomic E-state index is 11.8. The van der Waals surface area contributed by atoms with Crippen LogP contribution >= 0.6 is 10.9 Å². The number of hydrogen-bond donors (Lipinski definition) is 4. The monoisotopic (exact) mass is 514 g/mol. The van der Waals surface area contributed by atoms with Crippen molar-refractivity contribution >= 4 is 17.1 Å². The zero-order chi connectivity index (χ0) is 25.9. The molecule has 2 aliphatic heterocycles. The number of allylic oxidation sites excluding steroid dienone is 2. The van der Waals surface area contributed by atoms with Crippen molar-refractivity contribution in [2.24, 2.45) is 5.92 Å². The number of aliphatic hydroxyl groups is 3. The van der Waals surface area contributed by atoms with Gasteiger partial charge in [-0.05, 0) is 50.0 Å². The predicted molar refractivity (Wildman–Crippen MR) is 132 cm³/mol. The van der Waals surface area contributed by atoms with E-state index in [0.717, 1.165) is 11.3 Å². The lowest BCUT2D eigenvalue weighted by Gasteiger charge is -2.39. The first-order valence-corrected chi connectivity index (χ1v) is 13.5. The molecule has 1 aromatic heterocycles. The van der Waals surface area contributed by atoms with Gasteiger partial charge >= 0.3 is 6.16 Å². The molecule has 0 aromatic carbocycles. The Morgan fingerprint density at radius 1 is 1.14 bits per heavy atom. The van der Waals surface area contributed by atoms with Crippen LogP contribution in [-0.2, 0) is 20.0 Å². The van der Waals surface area contributed by atoms with Gasteiger partial charge in [-0.15, -0.1) is 5.10 Å². The highest BCUT2D eigenvalue weighted by Crippen LogP contribution is 2.43. The second-order valence-electron chi connectivity index (χ2n) is 9.67. The number of thiol groups is 1. The molecule has 3 N–H and O–H groups in total. The summed E-state index contributed by atoms with van der Waals surface area (Å²) in [5.74, 6) is 1.14. The van der Waals surface area contributed by atoms with E-state index >= 15 is 0 Å². The third-order valence-corrected chi connectivity index (χ3v) is 7.71. The van der Waals surface area contributed by atoms with E-state index in [4.69, 9.17) is 18.9 Å². The first-order valence-electron chi connectivity index (χ1n) is 11.8. The molecular formula is C24H38N2O8S. The molecule has 0 radical (unpaired) electrons. The van der Waals surface area contributed by atoms with Gasteiger partial charge in [0.15, 0.2) is 0 Å². The van der Waals surface area contributed by atoms with E-state index in [2.05, 4.69) is 28.9 Å². The molecule has 2 aliphatic rings. The molecule has 198 valence electrons. The van der Waals surface area contributed by atoms with Gasteiger partial charge in [0.05, 0.1) is 6.61 Å². The maximum Gasteiger partial charge on any atom is 0.508 e. The fourth-order valence-corrected chi connectivity index (χ4v) is 5.88. The fraction of sp³-hybridized carbons (Fsp3) is 0.667. The molecule has 1 fully saturated rings. The van der Waals surface area contributed by atoms with E-state index in [1.54, 1.807) is 0 Å². The average molecular weight is 515 g/mol. The summed E-state index contributed by atoms with van der Waals surface area (Å²) < 4.78 is 23.6. The number of nitrogens with zero attached hydrogens (tertiary/aromatic N) is 2. The summed E-state index contributed by atoms with van der Waals surface area (Å²) in [4.78, 5) is 11.8. The zero-order valence-corrected chi connectivity index (χ0v) is 22.0. The Bertz CT molecular complexity index is 944. The van der Waals surface area contributed by atoms with E-state index in [9.17, 15) is 20.1 Å². The standard InChI is InChI=1S/C24H38N2O8S/c1-13(2)9-31-24(30)32-10-18-19(27)20(28)21(29)23(33-18)34-22-17(12-35-8-7-15(5)11-35)16(6)26(25-22)14(3)4/h7-8,11,13-14,18-21,23,27-29,35H,9-10,12H2,1-6H3/t18-,19-,20+,21-,23+/m1/s1. The maximum atomic E-state index is 11.8. The van der Waals surface area contributed by atoms with Gasteiger partial charge in [-0.25, -0.2) is 15.7 Å². The van der Waals surface area contributed by atoms with Crippen LogP contribution in [0.5, 0.6) is 5.88 Å². The van der Waals surface area contributed by atoms with Crippen molar-refractivity contribution in [3.63, 3.8) is 0 Å². The molecule has 11 heteroatoms. The lowest BCUT2D eigenvalue weighted by Crippen LogP contribution is -2.60. The smallest absolute Gasteiger partial charge is 0.443 e. The minimum absolute atomic E-state index is 0.0814. The van der Waals surface area contributed by atoms with Gasteiger partial charge in [-0.2, -0.15) is 0 Å². The van der Waals surface area contributed by atoms with Gasteiger partial charge < -0.3 is 34.3 Å². The fourth-order valence-electron chi connectivity index (χ4n) is 3.84. The number of ether oxygens (including phenoxy) is 4. The normalized spacial score (nSPS) is 29.5. The first kappa shape index (κ1) is 27.5. The summed E-state index contributed by atoms with van der Waals surface area (Å²) in [6.45, 7) is 11.6. The third kappa shape index (κ3) is 6.79. The van der Waals surface area contributed by atoms with Crippen molar-refractivity contribution in [1.29, 1.82) is 0 Å². The number of aromatic nitrogens is 2. The lowest BCUT2D eigenvalue weighted by molar-refractivity contribution is -0.278. The van der Waals surface area contributed by atoms with E-state index in [1.165, 1.54) is 5.57 Å². The summed E-state index contributed by atoms with van der Waals surface area (Å²) in [6.07, 6.45) is -5.87. The number of rotatable bonds is 9. The topological polar surface area (TPSA) is 133 Å². The van der Waals surface area contributed by atoms with E-state index in [-0.39, 0.29) is 25.2 Å². The van der Waals surface area contributed by atoms with Gasteiger partial charge in [0.1, 0.15) is 31.0 Å². The quantitative estimate of drug-likeness (QED) is 0.290. The van der Waals surface area contributed by atoms with Crippen molar-refractivity contribution < 1.29 is 39.1 Å². The molecule has 3 heterocycles. The van der Waals surface area contributed by atoms with Gasteiger partial charge in [0, 0.05) is 23.1 Å². The summed E-state index contributed by atoms with van der Waals surface area (Å²) >= 11 is 0. The number of aliphatic hydroxyl groups excluding tert-OH is 3. The molecule has 0 spiro atoms. The van der Waals surface area contributed by atoms with E-state index in [1.807, 2.05) is 39.3 Å². The van der Waals surface area contributed by atoms with Gasteiger partial charge in [0.2, 0.25) is 12.2 Å². The first-order chi connectivity index (χ1) is 16.5. The van der Waals surface area contributed by atoms with Crippen molar-refractivity contribution in [3.05, 3.63) is 33.7 Å². The van der Waals surface area contributed by atoms with E-state index < -0.39 is 47.8 Å². The molecule has 0 bridgehead atoms. The number of carbonyl (C=O) groups is 1. The summed E-state index contributed by atoms with van der Waals surface area (Å²) in [5, 5.41) is 40.3. The molecule has 6 atom stereocenters. The van der Waals surface area contributed by atoms with E-state index in [0.29, 0.717) is 11.6 Å². The highest BCUT2D eigenvalue weighted by molar-refractivity contribution is 8.21. The van der Waals surface area contributed by atoms with Crippen LogP contribution in [0, 0.1) is 12.8 Å². The molecule has 35 heavy (non-hydrogen) atoms. The van der Waals surface area contributed by atoms with Crippen LogP contribution in [0.2, 0.25) is 0 Å². The Morgan fingerprint density at radius 2 is 1.86 bits per heavy atom. The van der Waals surface area contributed by atoms with Gasteiger partial charge in [-0.1, -0.05) is 19.9 Å². The molecule has 3 rings (SSSR count). The third-order valence-electron chi connectivity index (χ3n) is 5.76. The Morgan fingerprint density at radius 3 is 2.46 bits per heavy atom. The van der Waals surface area contributed by atoms with Crippen LogP contribution in [0.1, 0.15) is 51.9 Å². The van der Waals surface area contributed by atoms with Crippen molar-refractivity contribution in [2.45, 2.75) is 84.0 Å². The molecule has 0 saturated carbocycles. The molecule has 0 amide bonds. The Hall–Kier alpha value is -2.05. The number of hydrogen-bond acceptors (Lipinski definition) is 9. The second kappa shape index (κ2) is 11.8. The summed E-state index contributed by atoms with van der Waals surface area (Å²) in [6, 6.07) is 0.0814. The molecule has 10 nitrogen and oxygen atoms in total. The minimum atomic E-state index is -1.57. The van der Waals surface area contributed by atoms with Crippen LogP contribution in [0.25, 0.3) is 0 Å². The predicted octanol–water partition coefficient (Wildman–Crippen LogP) is 2.70. The zero-order valence-electron chi connectivity index (χ0n) is 21.1. The molecule has 1 aromatic rings. The van der Waals surface area contributed by atoms with Crippen LogP contribution in [0.3, 0.4) is 0 Å². The van der Waals surface area contributed by atoms with Crippen molar-refractivity contribution in [3.8, 4) is 5.88 Å². The Labute approximate surface area is 208 Å². The Balaban J connectivity index is 1.75. The molecule has 1 unspecified atom stereocenters. The largest absolute Gasteiger partial charge is 0.508 e. The van der Waals surface area contributed by atoms with Crippen LogP contribution < -0.4 is 4.74 Å². The van der Waals surface area contributed by atoms with Crippen LogP contribution in [-0.4, -0.2) is 75.2 Å². The van der Waals surface area contributed by atoms with Gasteiger partial charge in [-0.3, -0.25) is 4.68 Å². The highest BCUT2D eigenvalue weighted by atomic mass is 32.2. The molecule has 1 saturated heterocycles. The number of carbonyl (C=O) groups excluding carboxylic acids is 1. The SMILES string of the molecule is CC1=C[SH](Cc2c(O[C@@H]3O[C@H](COC(=O)OCC(C)C)[C@@H](O)[C@H](O)[C@H]3O)nn(C(C)C)c2C)C=C1. The minimum Gasteiger partial charge on any atom is -0.443 e. The van der Waals surface area contributed by atoms with Crippen LogP contribution in [0.4, 0.5) is 4.79 Å². The second-order valence-corrected chi connectivity index (χ2v) is 11.6. The Kier molecular flexibility index (Phi) is 9.28. The molecule has 0 aliphatic carbocycles. The average Bonchev–Trinajstić information content (AvgIpc) is 3.35. The highest BCUT2D eigenvalue weighted by Gasteiger charge is 2.46. The summed E-state index contributed by atoms with van der Waals surface area (Å²) in [7, 11) is -0.520. The summed E-state index contributed by atoms with van der Waals surface area (Å²) in [5.41, 5.74) is 3.05. The van der Waals surface area contributed by atoms with Crippen molar-refractivity contribution in [2.75, 3.05) is 13.2 Å². The lowest BCUT2D eigenvalue weighted by atomic mass is 9.99.